The predicted octanol–water partition coefficient (Wildman–Crippen LogP) is 2.96. The second kappa shape index (κ2) is 9.80. The van der Waals surface area contributed by atoms with Crippen molar-refractivity contribution in [2.24, 2.45) is 4.99 Å². The van der Waals surface area contributed by atoms with Crippen LogP contribution in [0.5, 0.6) is 0 Å². The zero-order valence-electron chi connectivity index (χ0n) is 16.0. The Morgan fingerprint density at radius 2 is 2.04 bits per heavy atom. The van der Waals surface area contributed by atoms with Gasteiger partial charge in [-0.15, -0.1) is 11.3 Å². The lowest BCUT2D eigenvalue weighted by atomic mass is 10.0. The molecule has 146 valence electrons. The molecule has 1 saturated heterocycles. The molecule has 2 aromatic rings. The molecule has 0 spiro atoms. The third-order valence-corrected chi connectivity index (χ3v) is 5.74. The topological polar surface area (TPSA) is 52.6 Å². The predicted molar refractivity (Wildman–Crippen MR) is 110 cm³/mol. The summed E-state index contributed by atoms with van der Waals surface area (Å²) in [4.78, 5) is 12.4. The number of nitrogens with zero attached hydrogens (tertiary/aromatic N) is 3. The third-order valence-electron chi connectivity index (χ3n) is 4.77. The summed E-state index contributed by atoms with van der Waals surface area (Å²) in [5.74, 6) is 0.686. The number of rotatable bonds is 6. The van der Waals surface area contributed by atoms with Gasteiger partial charge < -0.3 is 10.6 Å². The van der Waals surface area contributed by atoms with E-state index in [0.717, 1.165) is 62.0 Å². The Balaban J connectivity index is 1.37. The molecule has 2 N–H and O–H groups in total. The van der Waals surface area contributed by atoms with E-state index in [1.165, 1.54) is 17.0 Å². The second-order valence-electron chi connectivity index (χ2n) is 6.93. The Morgan fingerprint density at radius 3 is 2.67 bits per heavy atom. The smallest absolute Gasteiger partial charge is 0.191 e. The lowest BCUT2D eigenvalue weighted by molar-refractivity contribution is 0.198. The molecule has 0 aliphatic carbocycles. The summed E-state index contributed by atoms with van der Waals surface area (Å²) in [5, 5.41) is 8.08. The van der Waals surface area contributed by atoms with Crippen molar-refractivity contribution in [3.05, 3.63) is 51.7 Å². The summed E-state index contributed by atoms with van der Waals surface area (Å²) >= 11 is 1.75. The number of benzene rings is 1. The molecule has 0 saturated carbocycles. The van der Waals surface area contributed by atoms with Crippen molar-refractivity contribution >= 4 is 17.3 Å². The van der Waals surface area contributed by atoms with Gasteiger partial charge in [0.05, 0.1) is 5.01 Å². The largest absolute Gasteiger partial charge is 0.356 e. The van der Waals surface area contributed by atoms with Crippen molar-refractivity contribution < 1.29 is 4.39 Å². The first-order chi connectivity index (χ1) is 13.1. The zero-order valence-corrected chi connectivity index (χ0v) is 16.9. The van der Waals surface area contributed by atoms with Crippen molar-refractivity contribution in [1.29, 1.82) is 0 Å². The minimum Gasteiger partial charge on any atom is -0.356 e. The Labute approximate surface area is 164 Å². The molecule has 0 atom stereocenters. The SMILES string of the molecule is CN=C(NCCc1ncc(C)s1)NC1CCN(Cc2ccc(F)cc2)CC1. The third kappa shape index (κ3) is 6.29. The molecular weight excluding hydrogens is 361 g/mol. The van der Waals surface area contributed by atoms with Gasteiger partial charge in [0.15, 0.2) is 5.96 Å². The van der Waals surface area contributed by atoms with Crippen LogP contribution < -0.4 is 10.6 Å². The van der Waals surface area contributed by atoms with Crippen LogP contribution >= 0.6 is 11.3 Å². The molecule has 0 radical (unpaired) electrons. The lowest BCUT2D eigenvalue weighted by Crippen LogP contribution is -2.48. The Morgan fingerprint density at radius 1 is 1.30 bits per heavy atom. The van der Waals surface area contributed by atoms with E-state index in [1.54, 1.807) is 11.3 Å². The molecule has 7 heteroatoms. The van der Waals surface area contributed by atoms with Crippen molar-refractivity contribution in [2.45, 2.75) is 38.8 Å². The molecule has 27 heavy (non-hydrogen) atoms. The molecule has 1 aromatic carbocycles. The van der Waals surface area contributed by atoms with Crippen LogP contribution in [0.3, 0.4) is 0 Å². The standard InChI is InChI=1S/C20H28FN5S/c1-15-13-24-19(27-15)7-10-23-20(22-2)25-18-8-11-26(12-9-18)14-16-3-5-17(21)6-4-16/h3-6,13,18H,7-12,14H2,1-2H3,(H2,22,23,25). The first-order valence-corrected chi connectivity index (χ1v) is 10.3. The average molecular weight is 390 g/mol. The van der Waals surface area contributed by atoms with Crippen molar-refractivity contribution in [3.8, 4) is 0 Å². The molecule has 1 aromatic heterocycles. The van der Waals surface area contributed by atoms with Gasteiger partial charge in [0.2, 0.25) is 0 Å². The number of hydrogen-bond donors (Lipinski definition) is 2. The van der Waals surface area contributed by atoms with Crippen LogP contribution in [0.25, 0.3) is 0 Å². The molecule has 0 amide bonds. The highest BCUT2D eigenvalue weighted by Crippen LogP contribution is 2.14. The van der Waals surface area contributed by atoms with Crippen molar-refractivity contribution in [1.82, 2.24) is 20.5 Å². The maximum absolute atomic E-state index is 13.0. The molecular formula is C20H28FN5S. The number of aliphatic imine (C=N–C) groups is 1. The van der Waals surface area contributed by atoms with E-state index in [4.69, 9.17) is 0 Å². The molecule has 0 bridgehead atoms. The summed E-state index contributed by atoms with van der Waals surface area (Å²) < 4.78 is 13.0. The summed E-state index contributed by atoms with van der Waals surface area (Å²) in [5.41, 5.74) is 1.16. The van der Waals surface area contributed by atoms with Gasteiger partial charge in [0, 0.05) is 56.8 Å². The van der Waals surface area contributed by atoms with Gasteiger partial charge in [0.25, 0.3) is 0 Å². The summed E-state index contributed by atoms with van der Waals surface area (Å²) in [6, 6.07) is 7.24. The van der Waals surface area contributed by atoms with E-state index in [0.29, 0.717) is 6.04 Å². The van der Waals surface area contributed by atoms with Gasteiger partial charge in [-0.3, -0.25) is 9.89 Å². The monoisotopic (exact) mass is 389 g/mol. The number of hydrogen-bond acceptors (Lipinski definition) is 4. The van der Waals surface area contributed by atoms with Crippen LogP contribution in [0.1, 0.15) is 28.3 Å². The molecule has 5 nitrogen and oxygen atoms in total. The highest BCUT2D eigenvalue weighted by molar-refractivity contribution is 7.11. The molecule has 0 unspecified atom stereocenters. The maximum atomic E-state index is 13.0. The van der Waals surface area contributed by atoms with E-state index in [2.05, 4.69) is 32.4 Å². The first-order valence-electron chi connectivity index (χ1n) is 9.47. The van der Waals surface area contributed by atoms with Gasteiger partial charge >= 0.3 is 0 Å². The molecule has 1 aliphatic heterocycles. The van der Waals surface area contributed by atoms with E-state index in [1.807, 2.05) is 25.4 Å². The van der Waals surface area contributed by atoms with Crippen LogP contribution in [0.15, 0.2) is 35.5 Å². The Kier molecular flexibility index (Phi) is 7.18. The van der Waals surface area contributed by atoms with Crippen LogP contribution in [0.4, 0.5) is 4.39 Å². The van der Waals surface area contributed by atoms with Crippen molar-refractivity contribution in [3.63, 3.8) is 0 Å². The number of piperidine rings is 1. The highest BCUT2D eigenvalue weighted by atomic mass is 32.1. The van der Waals surface area contributed by atoms with E-state index in [-0.39, 0.29) is 5.82 Å². The van der Waals surface area contributed by atoms with Crippen molar-refractivity contribution in [2.75, 3.05) is 26.7 Å². The minimum absolute atomic E-state index is 0.175. The molecule has 1 fully saturated rings. The molecule has 3 rings (SSSR count). The number of guanidine groups is 1. The van der Waals surface area contributed by atoms with Gasteiger partial charge in [0.1, 0.15) is 5.82 Å². The number of nitrogens with one attached hydrogen (secondary N) is 2. The van der Waals surface area contributed by atoms with Crippen LogP contribution in [0, 0.1) is 12.7 Å². The van der Waals surface area contributed by atoms with E-state index < -0.39 is 0 Å². The average Bonchev–Trinajstić information content (AvgIpc) is 3.09. The number of aryl methyl sites for hydroxylation is 1. The fourth-order valence-corrected chi connectivity index (χ4v) is 4.06. The molecule has 2 heterocycles. The fraction of sp³-hybridized carbons (Fsp3) is 0.500. The second-order valence-corrected chi connectivity index (χ2v) is 8.25. The minimum atomic E-state index is -0.175. The zero-order chi connectivity index (χ0) is 19.1. The lowest BCUT2D eigenvalue weighted by Gasteiger charge is -2.33. The summed E-state index contributed by atoms with van der Waals surface area (Å²) in [7, 11) is 1.81. The van der Waals surface area contributed by atoms with Gasteiger partial charge in [-0.25, -0.2) is 9.37 Å². The Hall–Kier alpha value is -1.99. The first kappa shape index (κ1) is 19.8. The summed E-state index contributed by atoms with van der Waals surface area (Å²) in [6.07, 6.45) is 4.99. The molecule has 1 aliphatic rings. The van der Waals surface area contributed by atoms with Gasteiger partial charge in [-0.2, -0.15) is 0 Å². The Bertz CT molecular complexity index is 735. The maximum Gasteiger partial charge on any atom is 0.191 e. The number of halogens is 1. The van der Waals surface area contributed by atoms with Gasteiger partial charge in [-0.05, 0) is 37.5 Å². The number of likely N-dealkylation sites (tertiary alicyclic amines) is 1. The fourth-order valence-electron chi connectivity index (χ4n) is 3.28. The quantitative estimate of drug-likeness (QED) is 0.589. The number of aromatic nitrogens is 1. The van der Waals surface area contributed by atoms with Gasteiger partial charge in [-0.1, -0.05) is 12.1 Å². The summed E-state index contributed by atoms with van der Waals surface area (Å²) in [6.45, 7) is 5.86. The van der Waals surface area contributed by atoms with E-state index >= 15 is 0 Å². The van der Waals surface area contributed by atoms with E-state index in [9.17, 15) is 4.39 Å². The highest BCUT2D eigenvalue weighted by Gasteiger charge is 2.20. The normalized spacial score (nSPS) is 16.5. The number of thiazole rings is 1. The van der Waals surface area contributed by atoms with Crippen LogP contribution in [-0.4, -0.2) is 48.6 Å². The van der Waals surface area contributed by atoms with Crippen LogP contribution in [-0.2, 0) is 13.0 Å². The van der Waals surface area contributed by atoms with Crippen LogP contribution in [0.2, 0.25) is 0 Å².